The normalized spacial score (nSPS) is 13.8. The highest BCUT2D eigenvalue weighted by Gasteiger charge is 2.15. The number of hydrogen-bond donors (Lipinski definition) is 2. The van der Waals surface area contributed by atoms with E-state index in [1.165, 1.54) is 16.0 Å². The number of carbonyl (C=O) groups excluding carboxylic acids is 1. The average Bonchev–Trinajstić information content (AvgIpc) is 2.89. The largest absolute Gasteiger partial charge is 0.352 e. The Hall–Kier alpha value is -1.49. The van der Waals surface area contributed by atoms with Crippen LogP contribution in [0.3, 0.4) is 0 Å². The number of nitrogens with one attached hydrogen (secondary N) is 2. The zero-order valence-corrected chi connectivity index (χ0v) is 15.8. The Balaban J connectivity index is 1.50. The second-order valence-electron chi connectivity index (χ2n) is 6.09. The van der Waals surface area contributed by atoms with Gasteiger partial charge in [0.1, 0.15) is 0 Å². The molecule has 0 aromatic heterocycles. The lowest BCUT2D eigenvalue weighted by atomic mass is 10.0. The molecule has 0 bridgehead atoms. The maximum Gasteiger partial charge on any atom is 0.251 e. The van der Waals surface area contributed by atoms with Crippen LogP contribution in [0.15, 0.2) is 47.4 Å². The third-order valence-electron chi connectivity index (χ3n) is 4.32. The van der Waals surface area contributed by atoms with Gasteiger partial charge in [-0.3, -0.25) is 4.79 Å². The summed E-state index contributed by atoms with van der Waals surface area (Å²) in [5.41, 5.74) is 3.52. The second-order valence-corrected chi connectivity index (χ2v) is 7.60. The van der Waals surface area contributed by atoms with Crippen LogP contribution >= 0.6 is 23.4 Å². The lowest BCUT2D eigenvalue weighted by molar-refractivity contribution is 0.0954. The van der Waals surface area contributed by atoms with Gasteiger partial charge < -0.3 is 10.6 Å². The maximum atomic E-state index is 12.0. The van der Waals surface area contributed by atoms with Crippen LogP contribution in [0.4, 0.5) is 0 Å². The Morgan fingerprint density at radius 1 is 1.12 bits per heavy atom. The van der Waals surface area contributed by atoms with Crippen LogP contribution in [0.25, 0.3) is 0 Å². The summed E-state index contributed by atoms with van der Waals surface area (Å²) in [6.07, 6.45) is 3.01. The fourth-order valence-corrected chi connectivity index (χ4v) is 4.45. The molecule has 0 radical (unpaired) electrons. The Labute approximate surface area is 158 Å². The zero-order chi connectivity index (χ0) is 17.5. The smallest absolute Gasteiger partial charge is 0.251 e. The molecule has 2 N–H and O–H groups in total. The average molecular weight is 375 g/mol. The monoisotopic (exact) mass is 374 g/mol. The summed E-state index contributed by atoms with van der Waals surface area (Å²) >= 11 is 8.25. The van der Waals surface area contributed by atoms with Crippen LogP contribution in [-0.4, -0.2) is 31.3 Å². The van der Waals surface area contributed by atoms with Crippen LogP contribution < -0.4 is 10.6 Å². The topological polar surface area (TPSA) is 41.1 Å². The van der Waals surface area contributed by atoms with Crippen molar-refractivity contribution in [3.63, 3.8) is 0 Å². The highest BCUT2D eigenvalue weighted by Crippen LogP contribution is 2.34. The molecule has 0 unspecified atom stereocenters. The van der Waals surface area contributed by atoms with E-state index in [-0.39, 0.29) is 5.91 Å². The van der Waals surface area contributed by atoms with E-state index in [0.717, 1.165) is 43.1 Å². The summed E-state index contributed by atoms with van der Waals surface area (Å²) in [4.78, 5) is 13.2. The van der Waals surface area contributed by atoms with Gasteiger partial charge in [0.05, 0.1) is 5.02 Å². The molecule has 0 aliphatic carbocycles. The molecule has 132 valence electrons. The molecule has 3 nitrogen and oxygen atoms in total. The first-order valence-corrected chi connectivity index (χ1v) is 10.1. The maximum absolute atomic E-state index is 12.0. The Morgan fingerprint density at radius 3 is 2.76 bits per heavy atom. The summed E-state index contributed by atoms with van der Waals surface area (Å²) < 4.78 is 0. The van der Waals surface area contributed by atoms with Crippen molar-refractivity contribution in [1.29, 1.82) is 0 Å². The number of amides is 1. The first kappa shape index (κ1) is 18.3. The molecule has 0 fully saturated rings. The predicted molar refractivity (Wildman–Crippen MR) is 106 cm³/mol. The van der Waals surface area contributed by atoms with E-state index in [2.05, 4.69) is 16.7 Å². The van der Waals surface area contributed by atoms with Gasteiger partial charge in [-0.15, -0.1) is 11.8 Å². The first-order valence-electron chi connectivity index (χ1n) is 8.73. The zero-order valence-electron chi connectivity index (χ0n) is 14.2. The molecule has 1 aliphatic rings. The van der Waals surface area contributed by atoms with E-state index in [9.17, 15) is 4.79 Å². The predicted octanol–water partition coefficient (Wildman–Crippen LogP) is 3.94. The molecule has 0 atom stereocenters. The fraction of sp³-hybridized carbons (Fsp3) is 0.350. The van der Waals surface area contributed by atoms with Crippen molar-refractivity contribution in [3.8, 4) is 0 Å². The number of benzene rings is 2. The fourth-order valence-electron chi connectivity index (χ4n) is 3.01. The molecule has 2 aromatic carbocycles. The molecular formula is C20H23ClN2OS. The van der Waals surface area contributed by atoms with Gasteiger partial charge in [0.15, 0.2) is 0 Å². The number of fused-ring (bicyclic) bond motifs is 1. The molecule has 0 saturated heterocycles. The molecular weight excluding hydrogens is 352 g/mol. The molecule has 0 saturated carbocycles. The number of halogens is 1. The van der Waals surface area contributed by atoms with Gasteiger partial charge in [0.2, 0.25) is 0 Å². The number of thioether (sulfide) groups is 1. The van der Waals surface area contributed by atoms with Crippen molar-refractivity contribution in [3.05, 3.63) is 64.2 Å². The van der Waals surface area contributed by atoms with Gasteiger partial charge in [-0.05, 0) is 67.4 Å². The molecule has 25 heavy (non-hydrogen) atoms. The van der Waals surface area contributed by atoms with Crippen LogP contribution in [0.1, 0.15) is 27.9 Å². The van der Waals surface area contributed by atoms with E-state index in [1.54, 1.807) is 0 Å². The first-order chi connectivity index (χ1) is 12.3. The summed E-state index contributed by atoms with van der Waals surface area (Å²) in [6.45, 7) is 2.72. The molecule has 0 spiro atoms. The third-order valence-corrected chi connectivity index (χ3v) is 6.00. The van der Waals surface area contributed by atoms with Crippen LogP contribution in [-0.2, 0) is 12.8 Å². The quantitative estimate of drug-likeness (QED) is 0.594. The van der Waals surface area contributed by atoms with Crippen molar-refractivity contribution in [2.45, 2.75) is 24.2 Å². The number of hydrogen-bond acceptors (Lipinski definition) is 3. The van der Waals surface area contributed by atoms with E-state index in [0.29, 0.717) is 12.1 Å². The van der Waals surface area contributed by atoms with Crippen LogP contribution in [0.2, 0.25) is 5.02 Å². The summed E-state index contributed by atoms with van der Waals surface area (Å²) in [5, 5.41) is 7.27. The Bertz CT molecular complexity index is 721. The SMILES string of the molecule is O=C(NCCCSc1c(Cl)ccc2c1CCNCC2)c1ccccc1. The van der Waals surface area contributed by atoms with Gasteiger partial charge >= 0.3 is 0 Å². The minimum absolute atomic E-state index is 0.0108. The van der Waals surface area contributed by atoms with Crippen molar-refractivity contribution >= 4 is 29.3 Å². The standard InChI is InChI=1S/C20H23ClN2OS/c21-18-8-7-15-9-12-22-13-10-17(15)19(18)25-14-4-11-23-20(24)16-5-2-1-3-6-16/h1-3,5-8,22H,4,9-14H2,(H,23,24). The van der Waals surface area contributed by atoms with E-state index in [1.807, 2.05) is 48.2 Å². The lowest BCUT2D eigenvalue weighted by Gasteiger charge is -2.14. The van der Waals surface area contributed by atoms with E-state index >= 15 is 0 Å². The van der Waals surface area contributed by atoms with Gasteiger partial charge in [-0.25, -0.2) is 0 Å². The molecule has 2 aromatic rings. The summed E-state index contributed by atoms with van der Waals surface area (Å²) in [6, 6.07) is 13.5. The van der Waals surface area contributed by atoms with Gasteiger partial charge in [0.25, 0.3) is 5.91 Å². The van der Waals surface area contributed by atoms with E-state index < -0.39 is 0 Å². The molecule has 1 amide bonds. The van der Waals surface area contributed by atoms with Crippen LogP contribution in [0, 0.1) is 0 Å². The lowest BCUT2D eigenvalue weighted by Crippen LogP contribution is -2.24. The third kappa shape index (κ3) is 5.00. The summed E-state index contributed by atoms with van der Waals surface area (Å²) in [5.74, 6) is 0.932. The molecule has 3 rings (SSSR count). The van der Waals surface area contributed by atoms with Crippen molar-refractivity contribution in [1.82, 2.24) is 10.6 Å². The molecule has 1 heterocycles. The second kappa shape index (κ2) is 9.27. The minimum Gasteiger partial charge on any atom is -0.352 e. The highest BCUT2D eigenvalue weighted by molar-refractivity contribution is 7.99. The molecule has 5 heteroatoms. The Morgan fingerprint density at radius 2 is 1.92 bits per heavy atom. The van der Waals surface area contributed by atoms with Gasteiger partial charge in [0, 0.05) is 17.0 Å². The number of rotatable bonds is 6. The molecule has 1 aliphatic heterocycles. The van der Waals surface area contributed by atoms with Crippen molar-refractivity contribution in [2.75, 3.05) is 25.4 Å². The highest BCUT2D eigenvalue weighted by atomic mass is 35.5. The van der Waals surface area contributed by atoms with Gasteiger partial charge in [-0.2, -0.15) is 0 Å². The Kier molecular flexibility index (Phi) is 6.79. The van der Waals surface area contributed by atoms with Gasteiger partial charge in [-0.1, -0.05) is 35.9 Å². The minimum atomic E-state index is -0.0108. The van der Waals surface area contributed by atoms with Crippen molar-refractivity contribution in [2.24, 2.45) is 0 Å². The number of carbonyl (C=O) groups is 1. The van der Waals surface area contributed by atoms with E-state index in [4.69, 9.17) is 11.6 Å². The summed E-state index contributed by atoms with van der Waals surface area (Å²) in [7, 11) is 0. The van der Waals surface area contributed by atoms with Crippen molar-refractivity contribution < 1.29 is 4.79 Å². The van der Waals surface area contributed by atoms with Crippen LogP contribution in [0.5, 0.6) is 0 Å².